The Morgan fingerprint density at radius 3 is 1.56 bits per heavy atom. The molecule has 0 radical (unpaired) electrons. The number of para-hydroxylation sites is 1. The fourth-order valence-electron chi connectivity index (χ4n) is 3.20. The van der Waals surface area contributed by atoms with E-state index < -0.39 is 8.32 Å². The van der Waals surface area contributed by atoms with E-state index in [9.17, 15) is 0 Å². The van der Waals surface area contributed by atoms with Crippen molar-refractivity contribution in [3.8, 4) is 5.75 Å². The summed E-state index contributed by atoms with van der Waals surface area (Å²) in [6.07, 6.45) is 6.41. The number of hydrogen-bond acceptors (Lipinski definition) is 2. The van der Waals surface area contributed by atoms with Crippen molar-refractivity contribution in [3.63, 3.8) is 0 Å². The van der Waals surface area contributed by atoms with Crippen molar-refractivity contribution in [1.82, 2.24) is 0 Å². The zero-order valence-corrected chi connectivity index (χ0v) is 27.0. The molecule has 0 atom stereocenters. The molecule has 0 bridgehead atoms. The van der Waals surface area contributed by atoms with Gasteiger partial charge in [0.05, 0.1) is 8.32 Å². The first-order valence-corrected chi connectivity index (χ1v) is 14.5. The second kappa shape index (κ2) is 18.7. The van der Waals surface area contributed by atoms with Gasteiger partial charge in [0.1, 0.15) is 5.75 Å². The van der Waals surface area contributed by atoms with Gasteiger partial charge in [-0.3, -0.25) is 0 Å². The Bertz CT molecular complexity index is 520. The molecule has 0 saturated carbocycles. The second-order valence-corrected chi connectivity index (χ2v) is 14.3. The average molecular weight is 507 g/mol. The summed E-state index contributed by atoms with van der Waals surface area (Å²) < 4.78 is 10.6. The van der Waals surface area contributed by atoms with Crippen LogP contribution in [0.2, 0.25) is 13.1 Å². The molecular formula is C26H48LiNO2SiZn. The molecule has 2 fully saturated rings. The van der Waals surface area contributed by atoms with Crippen molar-refractivity contribution in [3.05, 3.63) is 48.1 Å². The Labute approximate surface area is 226 Å². The minimum atomic E-state index is -1.65. The van der Waals surface area contributed by atoms with Crippen molar-refractivity contribution < 1.29 is 47.5 Å². The van der Waals surface area contributed by atoms with Gasteiger partial charge in [-0.1, -0.05) is 78.3 Å². The van der Waals surface area contributed by atoms with Gasteiger partial charge < -0.3 is 26.9 Å². The largest absolute Gasteiger partial charge is 2.00 e. The molecule has 1 aromatic carbocycles. The first-order valence-electron chi connectivity index (χ1n) is 11.4. The van der Waals surface area contributed by atoms with Crippen molar-refractivity contribution in [2.75, 3.05) is 13.2 Å². The van der Waals surface area contributed by atoms with Gasteiger partial charge in [-0.05, 0) is 25.0 Å². The van der Waals surface area contributed by atoms with Crippen molar-refractivity contribution in [2.45, 2.75) is 105 Å². The molecule has 0 aromatic heterocycles. The van der Waals surface area contributed by atoms with Gasteiger partial charge in [-0.25, -0.2) is 0 Å². The third-order valence-corrected chi connectivity index (χ3v) is 4.94. The van der Waals surface area contributed by atoms with Gasteiger partial charge in [0.15, 0.2) is 0 Å². The quantitative estimate of drug-likeness (QED) is 0.410. The zero-order valence-electron chi connectivity index (χ0n) is 23.0. The number of rotatable bonds is 2. The van der Waals surface area contributed by atoms with Gasteiger partial charge in [0.2, 0.25) is 0 Å². The molecule has 0 N–H and O–H groups in total. The normalized spacial score (nSPS) is 18.1. The number of benzene rings is 1. The molecule has 2 heterocycles. The standard InChI is InChI=1S/C9H18N.C9H13OSi.C4H8O.C4H9.Li.Zn/c1-8(2)6-5-7-9(3,4)10-8;1-11(2,3)10-9-7-5-4-6-8-9;1-2-4-5-3-1;1-4(2)3;;/h5-7H2,1-4H3;4-8H,1H2,2-3H3;1-4H2;1-3H3;;/q2*-1;;-1;+1;+2. The Balaban J connectivity index is -0.000000368. The van der Waals surface area contributed by atoms with E-state index in [4.69, 9.17) is 14.5 Å². The summed E-state index contributed by atoms with van der Waals surface area (Å²) in [6.45, 7) is 25.3. The van der Waals surface area contributed by atoms with Crippen LogP contribution in [0.4, 0.5) is 0 Å². The molecule has 3 nitrogen and oxygen atoms in total. The van der Waals surface area contributed by atoms with Gasteiger partial charge >= 0.3 is 38.3 Å². The Morgan fingerprint density at radius 2 is 1.31 bits per heavy atom. The minimum absolute atomic E-state index is 0. The molecule has 32 heavy (non-hydrogen) atoms. The maximum Gasteiger partial charge on any atom is 2.00 e. The van der Waals surface area contributed by atoms with E-state index in [1.54, 1.807) is 0 Å². The zero-order chi connectivity index (χ0) is 23.3. The molecule has 0 spiro atoms. The number of ether oxygens (including phenoxy) is 1. The molecule has 2 aliphatic rings. The summed E-state index contributed by atoms with van der Waals surface area (Å²) in [5, 5.41) is 4.75. The van der Waals surface area contributed by atoms with Crippen LogP contribution in [0, 0.1) is 12.5 Å². The Kier molecular flexibility index (Phi) is 21.6. The summed E-state index contributed by atoms with van der Waals surface area (Å²) in [5.74, 6) is 2.35. The summed E-state index contributed by atoms with van der Waals surface area (Å²) >= 11 is 0. The van der Waals surface area contributed by atoms with Gasteiger partial charge in [0, 0.05) is 13.2 Å². The van der Waals surface area contributed by atoms with Crippen LogP contribution >= 0.6 is 0 Å². The second-order valence-electron chi connectivity index (χ2n) is 10.6. The third kappa shape index (κ3) is 25.0. The molecule has 0 unspecified atom stereocenters. The Hall–Kier alpha value is 0.378. The average Bonchev–Trinajstić information content (AvgIpc) is 3.11. The van der Waals surface area contributed by atoms with E-state index in [0.29, 0.717) is 0 Å². The molecular weight excluding hydrogens is 459 g/mol. The fraction of sp³-hybridized carbons (Fsp3) is 0.692. The van der Waals surface area contributed by atoms with Crippen LogP contribution in [-0.4, -0.2) is 32.6 Å². The van der Waals surface area contributed by atoms with Crippen LogP contribution in [0.15, 0.2) is 30.3 Å². The molecule has 2 aliphatic heterocycles. The van der Waals surface area contributed by atoms with E-state index in [0.717, 1.165) is 19.0 Å². The molecule has 176 valence electrons. The smallest absolute Gasteiger partial charge is 0.652 e. The fourth-order valence-corrected chi connectivity index (χ4v) is 3.98. The molecule has 0 aliphatic carbocycles. The van der Waals surface area contributed by atoms with Gasteiger partial charge in [-0.2, -0.15) is 20.8 Å². The Morgan fingerprint density at radius 1 is 0.906 bits per heavy atom. The predicted molar refractivity (Wildman–Crippen MR) is 136 cm³/mol. The summed E-state index contributed by atoms with van der Waals surface area (Å²) in [5.41, 5.74) is 0.476. The predicted octanol–water partition coefficient (Wildman–Crippen LogP) is 5.16. The molecule has 6 heteroatoms. The van der Waals surface area contributed by atoms with E-state index in [2.05, 4.69) is 68.1 Å². The monoisotopic (exact) mass is 505 g/mol. The van der Waals surface area contributed by atoms with Crippen molar-refractivity contribution in [1.29, 1.82) is 0 Å². The number of nitrogens with zero attached hydrogens (tertiary/aromatic N) is 1. The molecule has 3 rings (SSSR count). The van der Waals surface area contributed by atoms with E-state index in [1.165, 1.54) is 38.0 Å². The van der Waals surface area contributed by atoms with Crippen LogP contribution in [0.25, 0.3) is 5.32 Å². The first kappa shape index (κ1) is 36.9. The molecule has 1 aromatic rings. The van der Waals surface area contributed by atoms with Crippen LogP contribution in [0.1, 0.15) is 80.6 Å². The summed E-state index contributed by atoms with van der Waals surface area (Å²) in [4.78, 5) is 0. The minimum Gasteiger partial charge on any atom is -0.652 e. The third-order valence-electron chi connectivity index (χ3n) is 4.15. The van der Waals surface area contributed by atoms with E-state index >= 15 is 0 Å². The van der Waals surface area contributed by atoms with Crippen LogP contribution < -0.4 is 23.3 Å². The maximum absolute atomic E-state index is 5.63. The molecule has 2 saturated heterocycles. The van der Waals surface area contributed by atoms with E-state index in [-0.39, 0.29) is 49.4 Å². The van der Waals surface area contributed by atoms with Crippen LogP contribution in [0.3, 0.4) is 0 Å². The molecule has 0 amide bonds. The SMILES string of the molecule is C1CCOC1.CC1(C)CCCC(C)(C)[N-]1.C[C-](C)C.[CH2-][Si](C)(C)Oc1ccccc1.[Li+].[Zn+2]. The topological polar surface area (TPSA) is 32.6 Å². The van der Waals surface area contributed by atoms with Gasteiger partial charge in [0.25, 0.3) is 0 Å². The summed E-state index contributed by atoms with van der Waals surface area (Å²) in [7, 11) is -1.65. The van der Waals surface area contributed by atoms with Gasteiger partial charge in [-0.15, -0.1) is 11.1 Å². The number of piperidine rings is 1. The van der Waals surface area contributed by atoms with Crippen LogP contribution in [0.5, 0.6) is 5.75 Å². The number of hydrogen-bond donors (Lipinski definition) is 0. The first-order chi connectivity index (χ1) is 13.7. The van der Waals surface area contributed by atoms with E-state index in [1.807, 2.05) is 30.3 Å². The van der Waals surface area contributed by atoms with Crippen molar-refractivity contribution in [2.24, 2.45) is 0 Å². The van der Waals surface area contributed by atoms with Crippen molar-refractivity contribution >= 4 is 8.32 Å². The van der Waals surface area contributed by atoms with Crippen LogP contribution in [-0.2, 0) is 24.2 Å². The summed E-state index contributed by atoms with van der Waals surface area (Å²) in [6, 6.07) is 9.83. The maximum atomic E-state index is 5.63.